The van der Waals surface area contributed by atoms with Crippen LogP contribution in [-0.2, 0) is 4.79 Å². The number of hydrogen-bond acceptors (Lipinski definition) is 7. The number of aromatic nitrogens is 5. The number of methoxy groups -OCH3 is 1. The lowest BCUT2D eigenvalue weighted by Crippen LogP contribution is -2.28. The van der Waals surface area contributed by atoms with E-state index >= 15 is 0 Å². The fraction of sp³-hybridized carbons (Fsp3) is 0.176. The number of amides is 2. The normalized spacial score (nSPS) is 10.4. The molecular weight excluding hydrogens is 386 g/mol. The van der Waals surface area contributed by atoms with Crippen LogP contribution in [0.2, 0.25) is 5.02 Å². The van der Waals surface area contributed by atoms with Gasteiger partial charge in [-0.2, -0.15) is 4.68 Å². The molecule has 0 fully saturated rings. The third kappa shape index (κ3) is 4.60. The van der Waals surface area contributed by atoms with Crippen LogP contribution in [0.15, 0.2) is 43.0 Å². The molecule has 28 heavy (non-hydrogen) atoms. The number of rotatable bonds is 7. The lowest BCUT2D eigenvalue weighted by molar-refractivity contribution is -0.116. The van der Waals surface area contributed by atoms with Crippen LogP contribution in [0.25, 0.3) is 5.69 Å². The van der Waals surface area contributed by atoms with Gasteiger partial charge in [-0.25, -0.2) is 0 Å². The molecule has 0 aliphatic rings. The molecular formula is C17H16ClN7O3. The number of tetrazole rings is 1. The first kappa shape index (κ1) is 19.2. The summed E-state index contributed by atoms with van der Waals surface area (Å²) in [6.45, 7) is 0.139. The van der Waals surface area contributed by atoms with Crippen LogP contribution in [0.1, 0.15) is 16.8 Å². The summed E-state index contributed by atoms with van der Waals surface area (Å²) in [7, 11) is 1.44. The summed E-state index contributed by atoms with van der Waals surface area (Å²) in [4.78, 5) is 28.3. The molecule has 10 nitrogen and oxygen atoms in total. The number of carbonyl (C=O) groups excluding carboxylic acids is 2. The van der Waals surface area contributed by atoms with E-state index in [1.54, 1.807) is 24.4 Å². The minimum atomic E-state index is -0.420. The summed E-state index contributed by atoms with van der Waals surface area (Å²) in [5.74, 6) is -0.365. The Kier molecular flexibility index (Phi) is 6.12. The van der Waals surface area contributed by atoms with Crippen molar-refractivity contribution in [2.24, 2.45) is 0 Å². The molecule has 2 aromatic heterocycles. The van der Waals surface area contributed by atoms with Gasteiger partial charge in [0.25, 0.3) is 5.91 Å². The highest BCUT2D eigenvalue weighted by atomic mass is 35.5. The number of benzene rings is 1. The second-order valence-electron chi connectivity index (χ2n) is 5.55. The third-order valence-corrected chi connectivity index (χ3v) is 4.00. The first-order valence-electron chi connectivity index (χ1n) is 8.17. The molecule has 0 aliphatic carbocycles. The Hall–Kier alpha value is -3.53. The van der Waals surface area contributed by atoms with Gasteiger partial charge in [0.05, 0.1) is 35.3 Å². The smallest absolute Gasteiger partial charge is 0.255 e. The predicted octanol–water partition coefficient (Wildman–Crippen LogP) is 1.48. The van der Waals surface area contributed by atoms with E-state index in [0.717, 1.165) is 0 Å². The van der Waals surface area contributed by atoms with Gasteiger partial charge in [-0.3, -0.25) is 14.6 Å². The molecule has 144 valence electrons. The van der Waals surface area contributed by atoms with Gasteiger partial charge in [-0.1, -0.05) is 11.6 Å². The highest BCUT2D eigenvalue weighted by Crippen LogP contribution is 2.29. The van der Waals surface area contributed by atoms with Crippen LogP contribution in [0.3, 0.4) is 0 Å². The summed E-state index contributed by atoms with van der Waals surface area (Å²) in [5, 5.41) is 16.5. The van der Waals surface area contributed by atoms with Crippen LogP contribution >= 0.6 is 11.6 Å². The Morgan fingerprint density at radius 3 is 2.86 bits per heavy atom. The molecule has 0 saturated heterocycles. The first-order chi connectivity index (χ1) is 13.6. The number of nitrogens with zero attached hydrogens (tertiary/aromatic N) is 5. The van der Waals surface area contributed by atoms with Gasteiger partial charge in [0.1, 0.15) is 12.1 Å². The van der Waals surface area contributed by atoms with Crippen molar-refractivity contribution in [3.63, 3.8) is 0 Å². The van der Waals surface area contributed by atoms with Crippen molar-refractivity contribution in [3.05, 3.63) is 53.6 Å². The van der Waals surface area contributed by atoms with Crippen molar-refractivity contribution in [1.29, 1.82) is 0 Å². The van der Waals surface area contributed by atoms with Crippen molar-refractivity contribution in [2.75, 3.05) is 19.0 Å². The number of hydrogen-bond donors (Lipinski definition) is 2. The van der Waals surface area contributed by atoms with Gasteiger partial charge >= 0.3 is 0 Å². The zero-order valence-corrected chi connectivity index (χ0v) is 15.6. The third-order valence-electron chi connectivity index (χ3n) is 3.69. The monoisotopic (exact) mass is 401 g/mol. The van der Waals surface area contributed by atoms with Gasteiger partial charge in [0.2, 0.25) is 5.91 Å². The Labute approximate surface area is 164 Å². The molecule has 0 bridgehead atoms. The summed E-state index contributed by atoms with van der Waals surface area (Å²) in [5.41, 5.74) is 1.29. The molecule has 3 rings (SSSR count). The molecule has 2 N–H and O–H groups in total. The highest BCUT2D eigenvalue weighted by Gasteiger charge is 2.17. The summed E-state index contributed by atoms with van der Waals surface area (Å²) in [6, 6.07) is 6.46. The fourth-order valence-electron chi connectivity index (χ4n) is 2.38. The van der Waals surface area contributed by atoms with E-state index in [2.05, 4.69) is 31.1 Å². The molecule has 11 heteroatoms. The van der Waals surface area contributed by atoms with E-state index in [-0.39, 0.29) is 29.5 Å². The molecule has 0 atom stereocenters. The Morgan fingerprint density at radius 1 is 1.32 bits per heavy atom. The number of ether oxygens (including phenoxy) is 1. The SMILES string of the molecule is COc1cc(-n2cnnn2)c(Cl)cc1C(=O)NCCC(=O)Nc1cccnc1. The maximum atomic E-state index is 12.5. The number of carbonyl (C=O) groups is 2. The Morgan fingerprint density at radius 2 is 2.18 bits per heavy atom. The minimum absolute atomic E-state index is 0.0966. The first-order valence-corrected chi connectivity index (χ1v) is 8.55. The second-order valence-corrected chi connectivity index (χ2v) is 5.96. The summed E-state index contributed by atoms with van der Waals surface area (Å²) in [6.07, 6.45) is 4.62. The van der Waals surface area contributed by atoms with E-state index < -0.39 is 5.91 Å². The van der Waals surface area contributed by atoms with Crippen molar-refractivity contribution in [1.82, 2.24) is 30.5 Å². The summed E-state index contributed by atoms with van der Waals surface area (Å²) >= 11 is 6.25. The zero-order chi connectivity index (χ0) is 19.9. The zero-order valence-electron chi connectivity index (χ0n) is 14.8. The van der Waals surface area contributed by atoms with Gasteiger partial charge in [-0.05, 0) is 28.6 Å². The standard InChI is InChI=1S/C17H16ClN7O3/c1-28-15-8-14(25-10-21-23-24-25)13(18)7-12(15)17(27)20-6-4-16(26)22-11-3-2-5-19-9-11/h2-3,5,7-10H,4,6H2,1H3,(H,20,27)(H,22,26). The minimum Gasteiger partial charge on any atom is -0.496 e. The molecule has 0 aliphatic heterocycles. The molecule has 2 amide bonds. The average molecular weight is 402 g/mol. The van der Waals surface area contributed by atoms with Crippen LogP contribution < -0.4 is 15.4 Å². The highest BCUT2D eigenvalue weighted by molar-refractivity contribution is 6.33. The molecule has 1 aromatic carbocycles. The molecule has 0 radical (unpaired) electrons. The number of halogens is 1. The largest absolute Gasteiger partial charge is 0.496 e. The molecule has 0 saturated carbocycles. The molecule has 0 unspecified atom stereocenters. The van der Waals surface area contributed by atoms with E-state index in [4.69, 9.17) is 16.3 Å². The predicted molar refractivity (Wildman–Crippen MR) is 101 cm³/mol. The Bertz CT molecular complexity index is 964. The van der Waals surface area contributed by atoms with E-state index in [9.17, 15) is 9.59 Å². The maximum absolute atomic E-state index is 12.5. The van der Waals surface area contributed by atoms with Gasteiger partial charge < -0.3 is 15.4 Å². The summed E-state index contributed by atoms with van der Waals surface area (Å²) < 4.78 is 6.64. The van der Waals surface area contributed by atoms with Crippen molar-refractivity contribution in [3.8, 4) is 11.4 Å². The number of anilines is 1. The van der Waals surface area contributed by atoms with Gasteiger partial charge in [0, 0.05) is 25.2 Å². The number of nitrogens with one attached hydrogen (secondary N) is 2. The molecule has 3 aromatic rings. The van der Waals surface area contributed by atoms with Crippen LogP contribution in [0, 0.1) is 0 Å². The van der Waals surface area contributed by atoms with E-state index in [0.29, 0.717) is 17.1 Å². The van der Waals surface area contributed by atoms with Crippen molar-refractivity contribution in [2.45, 2.75) is 6.42 Å². The van der Waals surface area contributed by atoms with Crippen LogP contribution in [-0.4, -0.2) is 50.7 Å². The maximum Gasteiger partial charge on any atom is 0.255 e. The van der Waals surface area contributed by atoms with Gasteiger partial charge in [-0.15, -0.1) is 5.10 Å². The molecule has 0 spiro atoms. The molecule has 2 heterocycles. The van der Waals surface area contributed by atoms with E-state index in [1.165, 1.54) is 30.4 Å². The topological polar surface area (TPSA) is 124 Å². The fourth-order valence-corrected chi connectivity index (χ4v) is 2.63. The van der Waals surface area contributed by atoms with Crippen LogP contribution in [0.5, 0.6) is 5.75 Å². The van der Waals surface area contributed by atoms with Crippen molar-refractivity contribution < 1.29 is 14.3 Å². The average Bonchev–Trinajstić information content (AvgIpc) is 3.23. The quantitative estimate of drug-likeness (QED) is 0.614. The second kappa shape index (κ2) is 8.91. The van der Waals surface area contributed by atoms with Gasteiger partial charge in [0.15, 0.2) is 0 Å². The number of pyridine rings is 1. The Balaban J connectivity index is 1.62. The van der Waals surface area contributed by atoms with Crippen molar-refractivity contribution >= 4 is 29.1 Å². The van der Waals surface area contributed by atoms with E-state index in [1.807, 2.05) is 0 Å². The lowest BCUT2D eigenvalue weighted by atomic mass is 10.1. The van der Waals surface area contributed by atoms with Crippen LogP contribution in [0.4, 0.5) is 5.69 Å². The lowest BCUT2D eigenvalue weighted by Gasteiger charge is -2.12.